The number of hydrogen-bond acceptors (Lipinski definition) is 2. The number of hydrogen-bond donors (Lipinski definition) is 0. The van der Waals surface area contributed by atoms with Gasteiger partial charge in [0.15, 0.2) is 0 Å². The van der Waals surface area contributed by atoms with Gasteiger partial charge in [-0.25, -0.2) is 0 Å². The lowest BCUT2D eigenvalue weighted by Crippen LogP contribution is -2.30. The smallest absolute Gasteiger partial charge is 0.0598 e. The Morgan fingerprint density at radius 3 is 2.33 bits per heavy atom. The Hall–Kier alpha value is -0.0800. The molecule has 74 valence electrons. The van der Waals surface area contributed by atoms with Crippen LogP contribution in [0.2, 0.25) is 0 Å². The highest BCUT2D eigenvalue weighted by Gasteiger charge is 2.25. The molecule has 0 aliphatic carbocycles. The number of ether oxygens (including phenoxy) is 2. The quantitative estimate of drug-likeness (QED) is 0.616. The van der Waals surface area contributed by atoms with Crippen LogP contribution >= 0.6 is 0 Å². The molecule has 0 spiro atoms. The van der Waals surface area contributed by atoms with Crippen LogP contribution in [0.5, 0.6) is 0 Å². The maximum Gasteiger partial charge on any atom is 0.0598 e. The Morgan fingerprint density at radius 2 is 1.92 bits per heavy atom. The van der Waals surface area contributed by atoms with Crippen LogP contribution < -0.4 is 0 Å². The molecule has 0 amide bonds. The second-order valence-corrected chi connectivity index (χ2v) is 3.83. The van der Waals surface area contributed by atoms with E-state index < -0.39 is 0 Å². The SMILES string of the molecule is CCOC(C)C(C)(C)CCOC. The van der Waals surface area contributed by atoms with E-state index in [9.17, 15) is 0 Å². The monoisotopic (exact) mass is 174 g/mol. The zero-order valence-corrected chi connectivity index (χ0v) is 9.02. The summed E-state index contributed by atoms with van der Waals surface area (Å²) in [5.41, 5.74) is 0.214. The van der Waals surface area contributed by atoms with E-state index in [0.29, 0.717) is 6.10 Å². The van der Waals surface area contributed by atoms with Crippen LogP contribution in [-0.2, 0) is 9.47 Å². The summed E-state index contributed by atoms with van der Waals surface area (Å²) in [6, 6.07) is 0. The van der Waals surface area contributed by atoms with Crippen LogP contribution in [-0.4, -0.2) is 26.4 Å². The molecule has 0 radical (unpaired) electrons. The zero-order chi connectivity index (χ0) is 9.61. The van der Waals surface area contributed by atoms with Crippen molar-refractivity contribution in [1.29, 1.82) is 0 Å². The van der Waals surface area contributed by atoms with Crippen molar-refractivity contribution in [1.82, 2.24) is 0 Å². The highest BCUT2D eigenvalue weighted by atomic mass is 16.5. The normalized spacial score (nSPS) is 14.8. The fourth-order valence-electron chi connectivity index (χ4n) is 1.04. The molecule has 0 saturated carbocycles. The molecule has 0 aliphatic heterocycles. The summed E-state index contributed by atoms with van der Waals surface area (Å²) >= 11 is 0. The summed E-state index contributed by atoms with van der Waals surface area (Å²) in [6.07, 6.45) is 1.35. The van der Waals surface area contributed by atoms with Gasteiger partial charge in [0.1, 0.15) is 0 Å². The molecular formula is C10H22O2. The lowest BCUT2D eigenvalue weighted by molar-refractivity contribution is -0.0202. The fourth-order valence-corrected chi connectivity index (χ4v) is 1.04. The summed E-state index contributed by atoms with van der Waals surface area (Å²) in [5.74, 6) is 0. The van der Waals surface area contributed by atoms with E-state index in [-0.39, 0.29) is 5.41 Å². The fraction of sp³-hybridized carbons (Fsp3) is 1.00. The van der Waals surface area contributed by atoms with Crippen LogP contribution in [0.3, 0.4) is 0 Å². The van der Waals surface area contributed by atoms with Crippen LogP contribution in [0.25, 0.3) is 0 Å². The minimum atomic E-state index is 0.214. The first kappa shape index (κ1) is 11.9. The maximum absolute atomic E-state index is 5.55. The predicted octanol–water partition coefficient (Wildman–Crippen LogP) is 2.47. The first-order valence-electron chi connectivity index (χ1n) is 4.65. The van der Waals surface area contributed by atoms with E-state index in [1.165, 1.54) is 0 Å². The van der Waals surface area contributed by atoms with Crippen LogP contribution in [0.4, 0.5) is 0 Å². The highest BCUT2D eigenvalue weighted by Crippen LogP contribution is 2.27. The van der Waals surface area contributed by atoms with E-state index in [1.807, 2.05) is 6.92 Å². The Morgan fingerprint density at radius 1 is 1.33 bits per heavy atom. The molecule has 1 unspecified atom stereocenters. The van der Waals surface area contributed by atoms with Crippen molar-refractivity contribution in [3.05, 3.63) is 0 Å². The Kier molecular flexibility index (Phi) is 5.51. The van der Waals surface area contributed by atoms with Gasteiger partial charge in [-0.3, -0.25) is 0 Å². The third-order valence-corrected chi connectivity index (χ3v) is 2.47. The molecule has 0 rings (SSSR count). The average Bonchev–Trinajstić information content (AvgIpc) is 2.01. The molecule has 0 heterocycles. The van der Waals surface area contributed by atoms with E-state index in [1.54, 1.807) is 7.11 Å². The summed E-state index contributed by atoms with van der Waals surface area (Å²) in [4.78, 5) is 0. The lowest BCUT2D eigenvalue weighted by atomic mass is 9.84. The molecule has 0 aliphatic rings. The van der Waals surface area contributed by atoms with Crippen LogP contribution in [0.1, 0.15) is 34.1 Å². The molecule has 0 aromatic rings. The summed E-state index contributed by atoms with van der Waals surface area (Å²) in [7, 11) is 1.74. The van der Waals surface area contributed by atoms with E-state index in [2.05, 4.69) is 20.8 Å². The summed E-state index contributed by atoms with van der Waals surface area (Å²) in [5, 5.41) is 0. The van der Waals surface area contributed by atoms with Gasteiger partial charge >= 0.3 is 0 Å². The molecule has 2 nitrogen and oxygen atoms in total. The van der Waals surface area contributed by atoms with Gasteiger partial charge in [-0.05, 0) is 25.7 Å². The largest absolute Gasteiger partial charge is 0.385 e. The van der Waals surface area contributed by atoms with Gasteiger partial charge in [0, 0.05) is 20.3 Å². The van der Waals surface area contributed by atoms with Gasteiger partial charge in [0.25, 0.3) is 0 Å². The molecule has 0 N–H and O–H groups in total. The second kappa shape index (κ2) is 5.55. The van der Waals surface area contributed by atoms with Gasteiger partial charge in [0.2, 0.25) is 0 Å². The predicted molar refractivity (Wildman–Crippen MR) is 51.4 cm³/mol. The van der Waals surface area contributed by atoms with E-state index in [4.69, 9.17) is 9.47 Å². The number of rotatable bonds is 6. The molecule has 0 aromatic carbocycles. The molecule has 0 fully saturated rings. The van der Waals surface area contributed by atoms with Gasteiger partial charge in [-0.15, -0.1) is 0 Å². The standard InChI is InChI=1S/C10H22O2/c1-6-12-9(2)10(3,4)7-8-11-5/h9H,6-8H2,1-5H3. The van der Waals surface area contributed by atoms with Crippen molar-refractivity contribution >= 4 is 0 Å². The zero-order valence-electron chi connectivity index (χ0n) is 9.02. The maximum atomic E-state index is 5.55. The topological polar surface area (TPSA) is 18.5 Å². The van der Waals surface area contributed by atoms with E-state index in [0.717, 1.165) is 19.6 Å². The average molecular weight is 174 g/mol. The van der Waals surface area contributed by atoms with Crippen molar-refractivity contribution in [3.63, 3.8) is 0 Å². The molecule has 0 saturated heterocycles. The minimum absolute atomic E-state index is 0.214. The van der Waals surface area contributed by atoms with Crippen LogP contribution in [0.15, 0.2) is 0 Å². The van der Waals surface area contributed by atoms with E-state index >= 15 is 0 Å². The second-order valence-electron chi connectivity index (χ2n) is 3.83. The molecule has 2 heteroatoms. The molecule has 1 atom stereocenters. The third-order valence-electron chi connectivity index (χ3n) is 2.47. The van der Waals surface area contributed by atoms with Gasteiger partial charge in [0.05, 0.1) is 6.10 Å². The van der Waals surface area contributed by atoms with Crippen molar-refractivity contribution in [3.8, 4) is 0 Å². The number of methoxy groups -OCH3 is 1. The van der Waals surface area contributed by atoms with Crippen molar-refractivity contribution in [2.45, 2.75) is 40.2 Å². The highest BCUT2D eigenvalue weighted by molar-refractivity contribution is 4.75. The first-order chi connectivity index (χ1) is 5.54. The molecular weight excluding hydrogens is 152 g/mol. The van der Waals surface area contributed by atoms with Crippen molar-refractivity contribution in [2.24, 2.45) is 5.41 Å². The Balaban J connectivity index is 3.81. The Bertz CT molecular complexity index is 110. The Labute approximate surface area is 76.3 Å². The summed E-state index contributed by atoms with van der Waals surface area (Å²) < 4.78 is 10.6. The minimum Gasteiger partial charge on any atom is -0.385 e. The molecule has 0 bridgehead atoms. The molecule has 0 aromatic heterocycles. The van der Waals surface area contributed by atoms with Gasteiger partial charge < -0.3 is 9.47 Å². The van der Waals surface area contributed by atoms with Crippen molar-refractivity contribution < 1.29 is 9.47 Å². The lowest BCUT2D eigenvalue weighted by Gasteiger charge is -2.31. The first-order valence-corrected chi connectivity index (χ1v) is 4.65. The molecule has 12 heavy (non-hydrogen) atoms. The van der Waals surface area contributed by atoms with Crippen LogP contribution in [0, 0.1) is 5.41 Å². The van der Waals surface area contributed by atoms with Gasteiger partial charge in [-0.1, -0.05) is 13.8 Å². The third kappa shape index (κ3) is 4.07. The van der Waals surface area contributed by atoms with Crippen molar-refractivity contribution in [2.75, 3.05) is 20.3 Å². The van der Waals surface area contributed by atoms with Gasteiger partial charge in [-0.2, -0.15) is 0 Å². The summed E-state index contributed by atoms with van der Waals surface area (Å²) in [6.45, 7) is 10.2.